The van der Waals surface area contributed by atoms with E-state index in [0.717, 1.165) is 16.3 Å². The second-order valence-electron chi connectivity index (χ2n) is 3.62. The summed E-state index contributed by atoms with van der Waals surface area (Å²) in [7, 11) is 7.14. The molecular formula is C12H10BNO2. The zero-order valence-corrected chi connectivity index (χ0v) is 9.15. The fourth-order valence-corrected chi connectivity index (χ4v) is 1.54. The maximum Gasteiger partial charge on any atom is 0.356 e. The van der Waals surface area contributed by atoms with Crippen molar-refractivity contribution in [3.8, 4) is 0 Å². The predicted octanol–water partition coefficient (Wildman–Crippen LogP) is 1.12. The molecule has 0 bridgehead atoms. The molecule has 78 valence electrons. The first-order valence-electron chi connectivity index (χ1n) is 4.86. The van der Waals surface area contributed by atoms with Crippen molar-refractivity contribution in [3.05, 3.63) is 35.7 Å². The Bertz CT molecular complexity index is 566. The van der Waals surface area contributed by atoms with Crippen molar-refractivity contribution in [2.24, 2.45) is 0 Å². The number of nitrogens with zero attached hydrogens (tertiary/aromatic N) is 1. The molecule has 0 spiro atoms. The van der Waals surface area contributed by atoms with E-state index in [1.54, 1.807) is 12.3 Å². The van der Waals surface area contributed by atoms with Gasteiger partial charge in [-0.1, -0.05) is 23.2 Å². The van der Waals surface area contributed by atoms with E-state index in [0.29, 0.717) is 11.2 Å². The van der Waals surface area contributed by atoms with Crippen molar-refractivity contribution in [2.45, 2.75) is 6.92 Å². The number of carbonyl (C=O) groups is 1. The molecule has 0 fully saturated rings. The van der Waals surface area contributed by atoms with Crippen molar-refractivity contribution >= 4 is 30.1 Å². The lowest BCUT2D eigenvalue weighted by molar-refractivity contribution is 0.0594. The quantitative estimate of drug-likeness (QED) is 0.524. The summed E-state index contributed by atoms with van der Waals surface area (Å²) in [6, 6.07) is 5.45. The number of pyridine rings is 1. The molecule has 0 amide bonds. The van der Waals surface area contributed by atoms with E-state index >= 15 is 0 Å². The van der Waals surface area contributed by atoms with Crippen molar-refractivity contribution < 1.29 is 9.53 Å². The summed E-state index contributed by atoms with van der Waals surface area (Å²) in [4.78, 5) is 15.3. The Morgan fingerprint density at radius 1 is 1.31 bits per heavy atom. The molecule has 2 aromatic rings. The summed E-state index contributed by atoms with van der Waals surface area (Å²) in [5.74, 6) is -0.443. The van der Waals surface area contributed by atoms with Gasteiger partial charge in [0.25, 0.3) is 0 Å². The van der Waals surface area contributed by atoms with Gasteiger partial charge in [-0.3, -0.25) is 0 Å². The Balaban J connectivity index is 2.62. The van der Waals surface area contributed by atoms with Crippen LogP contribution < -0.4 is 5.46 Å². The molecule has 0 N–H and O–H groups in total. The largest absolute Gasteiger partial charge is 0.464 e. The van der Waals surface area contributed by atoms with Crippen LogP contribution in [0.25, 0.3) is 10.8 Å². The minimum atomic E-state index is -0.443. The number of hydrogen-bond donors (Lipinski definition) is 0. The van der Waals surface area contributed by atoms with Crippen LogP contribution in [-0.2, 0) is 4.74 Å². The van der Waals surface area contributed by atoms with Gasteiger partial charge in [0.2, 0.25) is 0 Å². The van der Waals surface area contributed by atoms with Crippen molar-refractivity contribution in [1.29, 1.82) is 0 Å². The van der Waals surface area contributed by atoms with Crippen molar-refractivity contribution in [1.82, 2.24) is 4.98 Å². The Hall–Kier alpha value is -1.84. The summed E-state index contributed by atoms with van der Waals surface area (Å²) in [6.45, 7) is 1.93. The number of fused-ring (bicyclic) bond motifs is 1. The van der Waals surface area contributed by atoms with Crippen LogP contribution in [0.4, 0.5) is 0 Å². The number of esters is 1. The van der Waals surface area contributed by atoms with Crippen LogP contribution >= 0.6 is 0 Å². The normalized spacial score (nSPS) is 10.4. The van der Waals surface area contributed by atoms with E-state index in [-0.39, 0.29) is 0 Å². The number of benzene rings is 1. The zero-order chi connectivity index (χ0) is 11.7. The minimum absolute atomic E-state index is 0.290. The molecule has 0 aliphatic heterocycles. The van der Waals surface area contributed by atoms with Gasteiger partial charge >= 0.3 is 5.97 Å². The summed E-state index contributed by atoms with van der Waals surface area (Å²) >= 11 is 0. The highest BCUT2D eigenvalue weighted by Crippen LogP contribution is 2.14. The van der Waals surface area contributed by atoms with Gasteiger partial charge in [-0.25, -0.2) is 9.78 Å². The highest BCUT2D eigenvalue weighted by molar-refractivity contribution is 6.34. The van der Waals surface area contributed by atoms with E-state index in [2.05, 4.69) is 9.72 Å². The number of carbonyl (C=O) groups excluding carboxylic acids is 1. The number of hydrogen-bond acceptors (Lipinski definition) is 3. The molecule has 0 aliphatic rings. The lowest BCUT2D eigenvalue weighted by Gasteiger charge is -2.05. The number of ether oxygens (including phenoxy) is 1. The van der Waals surface area contributed by atoms with E-state index < -0.39 is 5.97 Å². The van der Waals surface area contributed by atoms with Gasteiger partial charge in [0.15, 0.2) is 0 Å². The van der Waals surface area contributed by atoms with E-state index in [1.807, 2.05) is 19.1 Å². The lowest BCUT2D eigenvalue weighted by atomic mass is 9.89. The Labute approximate surface area is 94.9 Å². The summed E-state index contributed by atoms with van der Waals surface area (Å²) in [6.07, 6.45) is 1.65. The fraction of sp³-hybridized carbons (Fsp3) is 0.167. The van der Waals surface area contributed by atoms with Crippen LogP contribution in [0.5, 0.6) is 0 Å². The van der Waals surface area contributed by atoms with Crippen molar-refractivity contribution in [2.75, 3.05) is 7.11 Å². The van der Waals surface area contributed by atoms with Gasteiger partial charge in [0, 0.05) is 11.6 Å². The molecule has 16 heavy (non-hydrogen) atoms. The Morgan fingerprint density at radius 3 is 2.75 bits per heavy atom. The second-order valence-corrected chi connectivity index (χ2v) is 3.62. The van der Waals surface area contributed by atoms with Crippen LogP contribution in [-0.4, -0.2) is 25.9 Å². The fourth-order valence-electron chi connectivity index (χ4n) is 1.54. The Morgan fingerprint density at radius 2 is 2.06 bits per heavy atom. The minimum Gasteiger partial charge on any atom is -0.464 e. The molecule has 2 radical (unpaired) electrons. The van der Waals surface area contributed by atoms with Gasteiger partial charge in [0.1, 0.15) is 13.5 Å². The van der Waals surface area contributed by atoms with Gasteiger partial charge in [0.05, 0.1) is 7.11 Å². The zero-order valence-electron chi connectivity index (χ0n) is 9.15. The molecule has 0 saturated carbocycles. The molecule has 4 heteroatoms. The van der Waals surface area contributed by atoms with Crippen LogP contribution in [0, 0.1) is 6.92 Å². The second kappa shape index (κ2) is 3.97. The molecule has 0 unspecified atom stereocenters. The van der Waals surface area contributed by atoms with Gasteiger partial charge in [-0.2, -0.15) is 0 Å². The number of aryl methyl sites for hydroxylation is 1. The number of rotatable bonds is 1. The maximum atomic E-state index is 11.3. The Kier molecular flexibility index (Phi) is 2.65. The van der Waals surface area contributed by atoms with Gasteiger partial charge < -0.3 is 4.74 Å². The molecule has 3 nitrogen and oxygen atoms in total. The van der Waals surface area contributed by atoms with Crippen molar-refractivity contribution in [3.63, 3.8) is 0 Å². The lowest BCUT2D eigenvalue weighted by Crippen LogP contribution is -2.08. The molecule has 2 rings (SSSR count). The van der Waals surface area contributed by atoms with Crippen LogP contribution in [0.1, 0.15) is 16.1 Å². The summed E-state index contributed by atoms with van der Waals surface area (Å²) in [5.41, 5.74) is 1.99. The monoisotopic (exact) mass is 211 g/mol. The SMILES string of the molecule is [B]c1cc2cc(C(=O)OC)ncc2cc1C. The third kappa shape index (κ3) is 1.78. The third-order valence-electron chi connectivity index (χ3n) is 2.50. The third-order valence-corrected chi connectivity index (χ3v) is 2.50. The van der Waals surface area contributed by atoms with Crippen LogP contribution in [0.15, 0.2) is 24.4 Å². The number of aromatic nitrogens is 1. The highest BCUT2D eigenvalue weighted by Gasteiger charge is 2.08. The smallest absolute Gasteiger partial charge is 0.356 e. The summed E-state index contributed by atoms with van der Waals surface area (Å²) in [5, 5.41) is 1.85. The van der Waals surface area contributed by atoms with E-state index in [4.69, 9.17) is 7.85 Å². The molecule has 1 aromatic heterocycles. The molecule has 0 aliphatic carbocycles. The molecule has 1 aromatic carbocycles. The number of methoxy groups -OCH3 is 1. The molecule has 0 atom stereocenters. The first kappa shape index (κ1) is 10.7. The highest BCUT2D eigenvalue weighted by atomic mass is 16.5. The van der Waals surface area contributed by atoms with Crippen LogP contribution in [0.3, 0.4) is 0 Å². The predicted molar refractivity (Wildman–Crippen MR) is 63.2 cm³/mol. The maximum absolute atomic E-state index is 11.3. The average molecular weight is 211 g/mol. The van der Waals surface area contributed by atoms with E-state index in [9.17, 15) is 4.79 Å². The van der Waals surface area contributed by atoms with E-state index in [1.165, 1.54) is 7.11 Å². The standard InChI is InChI=1S/C12H10BNO2/c1-7-3-9-6-14-11(12(15)16-2)5-8(9)4-10(7)13/h3-6H,1-2H3. The van der Waals surface area contributed by atoms with Gasteiger partial charge in [-0.15, -0.1) is 0 Å². The van der Waals surface area contributed by atoms with Gasteiger partial charge in [-0.05, 0) is 18.4 Å². The molecular weight excluding hydrogens is 201 g/mol. The first-order valence-corrected chi connectivity index (χ1v) is 4.86. The van der Waals surface area contributed by atoms with Crippen LogP contribution in [0.2, 0.25) is 0 Å². The molecule has 1 heterocycles. The summed E-state index contributed by atoms with van der Waals surface area (Å²) < 4.78 is 4.61. The topological polar surface area (TPSA) is 39.2 Å². The average Bonchev–Trinajstić information content (AvgIpc) is 2.29. The molecule has 0 saturated heterocycles. The first-order chi connectivity index (χ1) is 7.61.